The molecule has 6 nitrogen and oxygen atoms in total. The van der Waals surface area contributed by atoms with Gasteiger partial charge in [-0.2, -0.15) is 0 Å². The highest BCUT2D eigenvalue weighted by Crippen LogP contribution is 2.20. The molecule has 0 aliphatic carbocycles. The number of hydrogen-bond acceptors (Lipinski definition) is 5. The first kappa shape index (κ1) is 20.1. The number of anilines is 1. The zero-order chi connectivity index (χ0) is 20.0. The number of thiophene rings is 1. The maximum Gasteiger partial charge on any atom is 0.271 e. The number of amides is 1. The lowest BCUT2D eigenvalue weighted by Gasteiger charge is -2.09. The molecule has 0 spiro atoms. The molecule has 0 aliphatic rings. The number of benzene rings is 2. The molecule has 0 saturated heterocycles. The van der Waals surface area contributed by atoms with Gasteiger partial charge in [0.15, 0.2) is 0 Å². The minimum atomic E-state index is -3.60. The Morgan fingerprint density at radius 3 is 2.46 bits per heavy atom. The maximum atomic E-state index is 12.3. The van der Waals surface area contributed by atoms with Crippen LogP contribution in [0, 0.1) is 0 Å². The number of carbonyl (C=O) groups excluding carboxylic acids is 1. The Kier molecular flexibility index (Phi) is 6.45. The smallest absolute Gasteiger partial charge is 0.271 e. The van der Waals surface area contributed by atoms with Gasteiger partial charge in [0.1, 0.15) is 4.21 Å². The Morgan fingerprint density at radius 2 is 1.79 bits per heavy atom. The molecule has 0 bridgehead atoms. The van der Waals surface area contributed by atoms with Crippen molar-refractivity contribution in [3.05, 3.63) is 82.7 Å². The van der Waals surface area contributed by atoms with Crippen molar-refractivity contribution in [2.45, 2.75) is 17.4 Å². The zero-order valence-corrected chi connectivity index (χ0v) is 16.8. The first-order valence-electron chi connectivity index (χ1n) is 8.49. The quantitative estimate of drug-likeness (QED) is 0.587. The summed E-state index contributed by atoms with van der Waals surface area (Å²) in [5.74, 6) is -0.232. The summed E-state index contributed by atoms with van der Waals surface area (Å²) in [4.78, 5) is 12.3. The third-order valence-electron chi connectivity index (χ3n) is 3.91. The van der Waals surface area contributed by atoms with Crippen molar-refractivity contribution >= 4 is 33.0 Å². The van der Waals surface area contributed by atoms with Gasteiger partial charge in [-0.3, -0.25) is 9.52 Å². The topological polar surface area (TPSA) is 84.5 Å². The van der Waals surface area contributed by atoms with Gasteiger partial charge < -0.3 is 10.1 Å². The minimum Gasteiger partial charge on any atom is -0.380 e. The third kappa shape index (κ3) is 5.19. The second-order valence-electron chi connectivity index (χ2n) is 6.05. The maximum absolute atomic E-state index is 12.3. The van der Waals surface area contributed by atoms with Crippen molar-refractivity contribution < 1.29 is 17.9 Å². The summed E-state index contributed by atoms with van der Waals surface area (Å²) < 4.78 is 32.3. The van der Waals surface area contributed by atoms with E-state index in [2.05, 4.69) is 10.0 Å². The Balaban J connectivity index is 1.60. The first-order chi connectivity index (χ1) is 13.5. The zero-order valence-electron chi connectivity index (χ0n) is 15.2. The number of rotatable bonds is 8. The van der Waals surface area contributed by atoms with Crippen LogP contribution in [0.5, 0.6) is 0 Å². The molecule has 0 unspecified atom stereocenters. The number of nitrogens with one attached hydrogen (secondary N) is 2. The van der Waals surface area contributed by atoms with Crippen LogP contribution < -0.4 is 10.0 Å². The van der Waals surface area contributed by atoms with Gasteiger partial charge in [-0.05, 0) is 46.8 Å². The molecule has 3 aromatic rings. The van der Waals surface area contributed by atoms with E-state index in [1.54, 1.807) is 42.8 Å². The Bertz CT molecular complexity index is 1030. The van der Waals surface area contributed by atoms with Crippen molar-refractivity contribution in [2.24, 2.45) is 0 Å². The van der Waals surface area contributed by atoms with Crippen LogP contribution in [0.1, 0.15) is 21.5 Å². The van der Waals surface area contributed by atoms with Gasteiger partial charge in [-0.15, -0.1) is 11.3 Å². The van der Waals surface area contributed by atoms with Crippen LogP contribution in [0.25, 0.3) is 0 Å². The standard InChI is InChI=1S/C20H20N2O4S2/c1-26-14-16-5-2-4-15(12-16)13-21-20(23)17-7-9-18(10-8-17)22-28(24,25)19-6-3-11-27-19/h2-12,22H,13-14H2,1H3,(H,21,23). The van der Waals surface area contributed by atoms with E-state index in [1.807, 2.05) is 24.3 Å². The number of sulfonamides is 1. The second kappa shape index (κ2) is 9.01. The molecule has 28 heavy (non-hydrogen) atoms. The molecular weight excluding hydrogens is 396 g/mol. The Morgan fingerprint density at radius 1 is 1.04 bits per heavy atom. The molecule has 1 aromatic heterocycles. The SMILES string of the molecule is COCc1cccc(CNC(=O)c2ccc(NS(=O)(=O)c3cccs3)cc2)c1. The van der Waals surface area contributed by atoms with Crippen LogP contribution >= 0.6 is 11.3 Å². The summed E-state index contributed by atoms with van der Waals surface area (Å²) in [7, 11) is -1.96. The molecule has 3 rings (SSSR count). The van der Waals surface area contributed by atoms with Crippen LogP contribution in [-0.4, -0.2) is 21.4 Å². The molecule has 0 aliphatic heterocycles. The third-order valence-corrected chi connectivity index (χ3v) is 6.69. The van der Waals surface area contributed by atoms with E-state index in [4.69, 9.17) is 4.74 Å². The molecule has 146 valence electrons. The lowest BCUT2D eigenvalue weighted by molar-refractivity contribution is 0.0951. The van der Waals surface area contributed by atoms with E-state index < -0.39 is 10.0 Å². The van der Waals surface area contributed by atoms with Gasteiger partial charge in [0.2, 0.25) is 0 Å². The van der Waals surface area contributed by atoms with Crippen LogP contribution in [0.15, 0.2) is 70.3 Å². The van der Waals surface area contributed by atoms with Crippen molar-refractivity contribution in [3.63, 3.8) is 0 Å². The van der Waals surface area contributed by atoms with E-state index in [9.17, 15) is 13.2 Å². The normalized spacial score (nSPS) is 11.2. The summed E-state index contributed by atoms with van der Waals surface area (Å²) in [5.41, 5.74) is 2.86. The van der Waals surface area contributed by atoms with Gasteiger partial charge in [-0.1, -0.05) is 30.3 Å². The van der Waals surface area contributed by atoms with Crippen LogP contribution in [0.3, 0.4) is 0 Å². The fourth-order valence-corrected chi connectivity index (χ4v) is 4.64. The van der Waals surface area contributed by atoms with Crippen molar-refractivity contribution in [1.82, 2.24) is 5.32 Å². The highest BCUT2D eigenvalue weighted by atomic mass is 32.2. The summed E-state index contributed by atoms with van der Waals surface area (Å²) in [6.45, 7) is 0.910. The van der Waals surface area contributed by atoms with Gasteiger partial charge in [-0.25, -0.2) is 8.42 Å². The second-order valence-corrected chi connectivity index (χ2v) is 8.91. The van der Waals surface area contributed by atoms with E-state index in [1.165, 1.54) is 6.07 Å². The highest BCUT2D eigenvalue weighted by Gasteiger charge is 2.15. The predicted octanol–water partition coefficient (Wildman–Crippen LogP) is 3.63. The number of carbonyl (C=O) groups is 1. The molecule has 2 aromatic carbocycles. The fraction of sp³-hybridized carbons (Fsp3) is 0.150. The summed E-state index contributed by atoms with van der Waals surface area (Å²) >= 11 is 1.14. The monoisotopic (exact) mass is 416 g/mol. The molecule has 0 radical (unpaired) electrons. The first-order valence-corrected chi connectivity index (χ1v) is 10.9. The molecule has 0 fully saturated rings. The van der Waals surface area contributed by atoms with Crippen LogP contribution in [0.2, 0.25) is 0 Å². The van der Waals surface area contributed by atoms with E-state index in [0.717, 1.165) is 22.5 Å². The summed E-state index contributed by atoms with van der Waals surface area (Å²) in [6, 6.07) is 17.3. The van der Waals surface area contributed by atoms with Crippen molar-refractivity contribution in [1.29, 1.82) is 0 Å². The summed E-state index contributed by atoms with van der Waals surface area (Å²) in [6.07, 6.45) is 0. The lowest BCUT2D eigenvalue weighted by Crippen LogP contribution is -2.22. The van der Waals surface area contributed by atoms with E-state index in [0.29, 0.717) is 24.4 Å². The van der Waals surface area contributed by atoms with E-state index >= 15 is 0 Å². The molecular formula is C20H20N2O4S2. The van der Waals surface area contributed by atoms with Crippen LogP contribution in [0.4, 0.5) is 5.69 Å². The number of ether oxygens (including phenoxy) is 1. The molecule has 1 amide bonds. The molecule has 1 heterocycles. The van der Waals surface area contributed by atoms with Gasteiger partial charge in [0.25, 0.3) is 15.9 Å². The van der Waals surface area contributed by atoms with Crippen LogP contribution in [-0.2, 0) is 27.9 Å². The van der Waals surface area contributed by atoms with E-state index in [-0.39, 0.29) is 10.1 Å². The fourth-order valence-electron chi connectivity index (χ4n) is 2.59. The van der Waals surface area contributed by atoms with Crippen molar-refractivity contribution in [2.75, 3.05) is 11.8 Å². The molecule has 0 saturated carbocycles. The summed E-state index contributed by atoms with van der Waals surface area (Å²) in [5, 5.41) is 4.56. The number of hydrogen-bond donors (Lipinski definition) is 2. The molecule has 0 atom stereocenters. The average molecular weight is 417 g/mol. The Hall–Kier alpha value is -2.68. The highest BCUT2D eigenvalue weighted by molar-refractivity contribution is 7.94. The minimum absolute atomic E-state index is 0.232. The van der Waals surface area contributed by atoms with Gasteiger partial charge in [0.05, 0.1) is 6.61 Å². The van der Waals surface area contributed by atoms with Gasteiger partial charge in [0, 0.05) is 24.9 Å². The Labute approximate surface area is 168 Å². The largest absolute Gasteiger partial charge is 0.380 e. The molecule has 8 heteroatoms. The molecule has 2 N–H and O–H groups in total. The lowest BCUT2D eigenvalue weighted by atomic mass is 10.1. The van der Waals surface area contributed by atoms with Crippen molar-refractivity contribution in [3.8, 4) is 0 Å². The average Bonchev–Trinajstić information content (AvgIpc) is 3.23. The van der Waals surface area contributed by atoms with Gasteiger partial charge >= 0.3 is 0 Å². The number of methoxy groups -OCH3 is 1. The predicted molar refractivity (Wildman–Crippen MR) is 110 cm³/mol.